The molecule has 6 heteroatoms. The van der Waals surface area contributed by atoms with Gasteiger partial charge in [-0.1, -0.05) is 210 Å². The standard InChI is InChI=1S/C55H99NO5/c1-4-7-10-13-16-19-21-23-25-26-27-28-29-31-33-36-39-42-45-48-55(60)61-51(46-43-40-37-34-18-15-12-9-6-3)49-54(59)56-52(50-57)53(58)47-44-41-38-35-32-30-24-22-20-17-14-11-8-5-2/h15-16,18-19,23,25,27-28,31,33,51-53,57-58H,4-14,17,20-22,24,26,29-30,32,34-50H2,1-3H3,(H,56,59)/b18-15-,19-16-,25-23-,28-27-,33-31-. The van der Waals surface area contributed by atoms with Gasteiger partial charge in [-0.3, -0.25) is 9.59 Å². The lowest BCUT2D eigenvalue weighted by atomic mass is 10.0. The minimum atomic E-state index is -0.797. The molecule has 0 aliphatic carbocycles. The molecule has 0 aromatic carbocycles. The zero-order chi connectivity index (χ0) is 44.5. The number of nitrogens with one attached hydrogen (secondary N) is 1. The van der Waals surface area contributed by atoms with Crippen molar-refractivity contribution in [1.29, 1.82) is 0 Å². The molecular weight excluding hydrogens is 755 g/mol. The molecule has 61 heavy (non-hydrogen) atoms. The van der Waals surface area contributed by atoms with Crippen molar-refractivity contribution in [2.75, 3.05) is 6.61 Å². The Hall–Kier alpha value is -2.44. The summed E-state index contributed by atoms with van der Waals surface area (Å²) < 4.78 is 5.89. The van der Waals surface area contributed by atoms with Gasteiger partial charge in [-0.25, -0.2) is 0 Å². The van der Waals surface area contributed by atoms with Gasteiger partial charge >= 0.3 is 5.97 Å². The maximum absolute atomic E-state index is 13.2. The second-order valence-electron chi connectivity index (χ2n) is 17.6. The fourth-order valence-electron chi connectivity index (χ4n) is 7.57. The van der Waals surface area contributed by atoms with E-state index in [2.05, 4.69) is 86.8 Å². The smallest absolute Gasteiger partial charge is 0.306 e. The van der Waals surface area contributed by atoms with Gasteiger partial charge in [-0.15, -0.1) is 0 Å². The predicted octanol–water partition coefficient (Wildman–Crippen LogP) is 15.6. The number of hydrogen-bond acceptors (Lipinski definition) is 5. The molecule has 0 saturated heterocycles. The van der Waals surface area contributed by atoms with Crippen LogP contribution in [0.3, 0.4) is 0 Å². The Kier molecular flexibility index (Phi) is 46.6. The average Bonchev–Trinajstić information content (AvgIpc) is 3.25. The number of aliphatic hydroxyl groups is 2. The summed E-state index contributed by atoms with van der Waals surface area (Å²) in [7, 11) is 0. The maximum atomic E-state index is 13.2. The van der Waals surface area contributed by atoms with Gasteiger partial charge < -0.3 is 20.3 Å². The molecule has 0 spiro atoms. The van der Waals surface area contributed by atoms with Gasteiger partial charge in [-0.2, -0.15) is 0 Å². The fraction of sp³-hybridized carbons (Fsp3) is 0.782. The molecule has 0 aliphatic rings. The van der Waals surface area contributed by atoms with E-state index < -0.39 is 18.2 Å². The lowest BCUT2D eigenvalue weighted by Gasteiger charge is -2.24. The summed E-state index contributed by atoms with van der Waals surface area (Å²) in [6, 6.07) is -0.713. The molecule has 0 saturated carbocycles. The number of allylic oxidation sites excluding steroid dienone is 10. The highest BCUT2D eigenvalue weighted by Gasteiger charge is 2.24. The van der Waals surface area contributed by atoms with Crippen molar-refractivity contribution >= 4 is 11.9 Å². The number of amides is 1. The SMILES string of the molecule is CCCC/C=C\CCCCCC(CC(=O)NC(CO)C(O)CCCCCCCCCCCCCCCC)OC(=O)CCCCC/C=C\C/C=C\C/C=C\C/C=C\CCCCC. The third-order valence-corrected chi connectivity index (χ3v) is 11.6. The molecule has 3 atom stereocenters. The number of hydrogen-bond donors (Lipinski definition) is 3. The Morgan fingerprint density at radius 1 is 0.475 bits per heavy atom. The van der Waals surface area contributed by atoms with Crippen LogP contribution in [0.25, 0.3) is 0 Å². The third-order valence-electron chi connectivity index (χ3n) is 11.6. The number of carbonyl (C=O) groups is 2. The van der Waals surface area contributed by atoms with Crippen LogP contribution in [-0.2, 0) is 14.3 Å². The number of ether oxygens (including phenoxy) is 1. The number of rotatable bonds is 46. The summed E-state index contributed by atoms with van der Waals surface area (Å²) in [6.07, 6.45) is 60.0. The lowest BCUT2D eigenvalue weighted by molar-refractivity contribution is -0.151. The van der Waals surface area contributed by atoms with Crippen molar-refractivity contribution in [2.24, 2.45) is 0 Å². The summed E-state index contributed by atoms with van der Waals surface area (Å²) in [4.78, 5) is 26.1. The van der Waals surface area contributed by atoms with Crippen molar-refractivity contribution in [1.82, 2.24) is 5.32 Å². The molecule has 0 heterocycles. The first-order chi connectivity index (χ1) is 30.0. The molecule has 0 radical (unpaired) electrons. The van der Waals surface area contributed by atoms with Crippen LogP contribution in [0.15, 0.2) is 60.8 Å². The van der Waals surface area contributed by atoms with Crippen LogP contribution in [0.5, 0.6) is 0 Å². The third kappa shape index (κ3) is 44.0. The molecule has 0 aliphatic heterocycles. The first kappa shape index (κ1) is 58.6. The highest BCUT2D eigenvalue weighted by atomic mass is 16.5. The van der Waals surface area contributed by atoms with E-state index in [0.717, 1.165) is 96.3 Å². The van der Waals surface area contributed by atoms with Crippen molar-refractivity contribution < 1.29 is 24.5 Å². The van der Waals surface area contributed by atoms with Crippen molar-refractivity contribution in [3.63, 3.8) is 0 Å². The van der Waals surface area contributed by atoms with E-state index in [1.807, 2.05) is 0 Å². The number of carbonyl (C=O) groups excluding carboxylic acids is 2. The molecule has 0 aromatic rings. The Morgan fingerprint density at radius 3 is 1.36 bits per heavy atom. The summed E-state index contributed by atoms with van der Waals surface area (Å²) in [6.45, 7) is 6.40. The van der Waals surface area contributed by atoms with Gasteiger partial charge in [-0.05, 0) is 89.9 Å². The van der Waals surface area contributed by atoms with Crippen molar-refractivity contribution in [3.8, 4) is 0 Å². The summed E-state index contributed by atoms with van der Waals surface area (Å²) >= 11 is 0. The topological polar surface area (TPSA) is 95.9 Å². The van der Waals surface area contributed by atoms with E-state index in [4.69, 9.17) is 4.74 Å². The van der Waals surface area contributed by atoms with Crippen LogP contribution in [0.4, 0.5) is 0 Å². The highest BCUT2D eigenvalue weighted by Crippen LogP contribution is 2.17. The number of esters is 1. The second kappa shape index (κ2) is 48.6. The average molecular weight is 854 g/mol. The van der Waals surface area contributed by atoms with Crippen LogP contribution in [-0.4, -0.2) is 46.9 Å². The zero-order valence-corrected chi connectivity index (χ0v) is 40.3. The van der Waals surface area contributed by atoms with E-state index >= 15 is 0 Å². The molecule has 0 aromatic heterocycles. The second-order valence-corrected chi connectivity index (χ2v) is 17.6. The predicted molar refractivity (Wildman–Crippen MR) is 264 cm³/mol. The van der Waals surface area contributed by atoms with E-state index in [9.17, 15) is 19.8 Å². The highest BCUT2D eigenvalue weighted by molar-refractivity contribution is 5.77. The minimum absolute atomic E-state index is 0.0524. The van der Waals surface area contributed by atoms with E-state index in [-0.39, 0.29) is 24.9 Å². The Balaban J connectivity index is 4.51. The van der Waals surface area contributed by atoms with E-state index in [1.54, 1.807) is 0 Å². The number of aliphatic hydroxyl groups excluding tert-OH is 2. The fourth-order valence-corrected chi connectivity index (χ4v) is 7.57. The maximum Gasteiger partial charge on any atom is 0.306 e. The van der Waals surface area contributed by atoms with Gasteiger partial charge in [0.15, 0.2) is 0 Å². The minimum Gasteiger partial charge on any atom is -0.462 e. The first-order valence-electron chi connectivity index (χ1n) is 26.0. The van der Waals surface area contributed by atoms with Crippen LogP contribution in [0.1, 0.15) is 252 Å². The molecule has 0 rings (SSSR count). The molecule has 6 nitrogen and oxygen atoms in total. The Labute approximate surface area is 378 Å². The molecule has 354 valence electrons. The molecule has 3 unspecified atom stereocenters. The van der Waals surface area contributed by atoms with Crippen LogP contribution in [0.2, 0.25) is 0 Å². The van der Waals surface area contributed by atoms with Gasteiger partial charge in [0.05, 0.1) is 25.2 Å². The molecule has 1 amide bonds. The lowest BCUT2D eigenvalue weighted by Crippen LogP contribution is -2.46. The van der Waals surface area contributed by atoms with E-state index in [1.165, 1.54) is 109 Å². The molecule has 0 fully saturated rings. The Bertz CT molecular complexity index is 1090. The summed E-state index contributed by atoms with van der Waals surface area (Å²) in [5.41, 5.74) is 0. The zero-order valence-electron chi connectivity index (χ0n) is 40.3. The summed E-state index contributed by atoms with van der Waals surface area (Å²) in [5, 5.41) is 23.7. The van der Waals surface area contributed by atoms with Gasteiger partial charge in [0, 0.05) is 6.42 Å². The van der Waals surface area contributed by atoms with Crippen LogP contribution in [0, 0.1) is 0 Å². The van der Waals surface area contributed by atoms with Gasteiger partial charge in [0.25, 0.3) is 0 Å². The van der Waals surface area contributed by atoms with Crippen LogP contribution < -0.4 is 5.32 Å². The van der Waals surface area contributed by atoms with E-state index in [0.29, 0.717) is 19.3 Å². The normalized spacial score (nSPS) is 13.7. The molecule has 3 N–H and O–H groups in total. The first-order valence-corrected chi connectivity index (χ1v) is 26.0. The quantitative estimate of drug-likeness (QED) is 0.0322. The molecule has 0 bridgehead atoms. The number of unbranched alkanes of at least 4 members (excludes halogenated alkanes) is 24. The Morgan fingerprint density at radius 2 is 0.852 bits per heavy atom. The van der Waals surface area contributed by atoms with Crippen molar-refractivity contribution in [2.45, 2.75) is 270 Å². The van der Waals surface area contributed by atoms with Gasteiger partial charge in [0.2, 0.25) is 5.91 Å². The molecular formula is C55H99NO5. The largest absolute Gasteiger partial charge is 0.462 e. The van der Waals surface area contributed by atoms with Gasteiger partial charge in [0.1, 0.15) is 6.10 Å². The van der Waals surface area contributed by atoms with Crippen molar-refractivity contribution in [3.05, 3.63) is 60.8 Å². The van der Waals surface area contributed by atoms with Crippen LogP contribution >= 0.6 is 0 Å². The monoisotopic (exact) mass is 854 g/mol. The summed E-state index contributed by atoms with van der Waals surface area (Å²) in [5.74, 6) is -0.527.